The van der Waals surface area contributed by atoms with Gasteiger partial charge in [-0.3, -0.25) is 9.80 Å². The van der Waals surface area contributed by atoms with Gasteiger partial charge in [0.25, 0.3) is 0 Å². The van der Waals surface area contributed by atoms with Gasteiger partial charge in [-0.2, -0.15) is 0 Å². The monoisotopic (exact) mass is 156 g/mol. The summed E-state index contributed by atoms with van der Waals surface area (Å²) in [6, 6.07) is 0. The second-order valence-electron chi connectivity index (χ2n) is 3.34. The van der Waals surface area contributed by atoms with Gasteiger partial charge in [-0.25, -0.2) is 5.84 Å². The van der Waals surface area contributed by atoms with Crippen LogP contribution >= 0.6 is 0 Å². The molecule has 1 fully saturated rings. The Labute approximate surface area is 67.5 Å². The number of hydrogen-bond acceptors (Lipinski definition) is 2. The van der Waals surface area contributed by atoms with Crippen LogP contribution in [0.1, 0.15) is 32.1 Å². The van der Waals surface area contributed by atoms with Crippen LogP contribution in [0.15, 0.2) is 0 Å². The van der Waals surface area contributed by atoms with E-state index in [0.717, 1.165) is 12.3 Å². The van der Waals surface area contributed by atoms with E-state index in [1.165, 1.54) is 24.3 Å². The van der Waals surface area contributed by atoms with Crippen molar-refractivity contribution in [3.8, 4) is 0 Å². The van der Waals surface area contributed by atoms with Crippen LogP contribution in [0.4, 0.5) is 0 Å². The minimum atomic E-state index is 0.0527. The Morgan fingerprint density at radius 2 is 2.27 bits per heavy atom. The third-order valence-corrected chi connectivity index (χ3v) is 2.38. The van der Waals surface area contributed by atoms with Gasteiger partial charge >= 0.3 is 0 Å². The van der Waals surface area contributed by atoms with E-state index in [9.17, 15) is 4.79 Å². The average molecular weight is 156 g/mol. The molecular formula is C8H16N2O. The number of hydrazine groups is 1. The number of carbonyl (C=O) groups excluding carboxylic acids is 1. The zero-order valence-corrected chi connectivity index (χ0v) is 7.05. The van der Waals surface area contributed by atoms with E-state index < -0.39 is 0 Å². The van der Waals surface area contributed by atoms with Crippen molar-refractivity contribution in [3.63, 3.8) is 0 Å². The molecule has 0 saturated heterocycles. The minimum Gasteiger partial charge on any atom is -0.284 e. The van der Waals surface area contributed by atoms with E-state index in [0.29, 0.717) is 6.42 Å². The van der Waals surface area contributed by atoms with E-state index in [2.05, 4.69) is 0 Å². The van der Waals surface area contributed by atoms with Crippen LogP contribution in [-0.4, -0.2) is 18.0 Å². The van der Waals surface area contributed by atoms with Crippen LogP contribution in [0.3, 0.4) is 0 Å². The summed E-state index contributed by atoms with van der Waals surface area (Å²) >= 11 is 0. The molecule has 1 aliphatic rings. The van der Waals surface area contributed by atoms with Crippen molar-refractivity contribution in [2.24, 2.45) is 11.8 Å². The van der Waals surface area contributed by atoms with Crippen molar-refractivity contribution in [1.29, 1.82) is 0 Å². The molecule has 0 heterocycles. The Balaban J connectivity index is 2.06. The van der Waals surface area contributed by atoms with Gasteiger partial charge in [-0.15, -0.1) is 0 Å². The standard InChI is InChI=1S/C8H16N2O/c1-10(9)8(11)6-5-7-3-2-4-7/h7H,2-6,9H2,1H3. The Kier molecular flexibility index (Phi) is 2.88. The first-order valence-electron chi connectivity index (χ1n) is 4.21. The number of nitrogens with two attached hydrogens (primary N) is 1. The van der Waals surface area contributed by atoms with Crippen LogP contribution in [-0.2, 0) is 4.79 Å². The topological polar surface area (TPSA) is 46.3 Å². The fraction of sp³-hybridized carbons (Fsp3) is 0.875. The summed E-state index contributed by atoms with van der Waals surface area (Å²) in [5, 5.41) is 1.18. The van der Waals surface area contributed by atoms with Gasteiger partial charge in [-0.05, 0) is 12.3 Å². The van der Waals surface area contributed by atoms with Gasteiger partial charge in [0.05, 0.1) is 0 Å². The lowest BCUT2D eigenvalue weighted by Crippen LogP contribution is -2.33. The smallest absolute Gasteiger partial charge is 0.236 e. The first-order valence-corrected chi connectivity index (χ1v) is 4.21. The summed E-state index contributed by atoms with van der Waals surface area (Å²) in [6.45, 7) is 0. The molecule has 1 aliphatic carbocycles. The first-order chi connectivity index (χ1) is 5.20. The highest BCUT2D eigenvalue weighted by atomic mass is 16.2. The maximum absolute atomic E-state index is 11.0. The number of carbonyl (C=O) groups is 1. The third kappa shape index (κ3) is 2.50. The van der Waals surface area contributed by atoms with Crippen molar-refractivity contribution in [3.05, 3.63) is 0 Å². The predicted octanol–water partition coefficient (Wildman–Crippen LogP) is 0.899. The lowest BCUT2D eigenvalue weighted by molar-refractivity contribution is -0.130. The Morgan fingerprint density at radius 3 is 2.64 bits per heavy atom. The summed E-state index contributed by atoms with van der Waals surface area (Å²) in [4.78, 5) is 11.0. The van der Waals surface area contributed by atoms with Crippen molar-refractivity contribution in [2.45, 2.75) is 32.1 Å². The predicted molar refractivity (Wildman–Crippen MR) is 43.5 cm³/mol. The Morgan fingerprint density at radius 1 is 1.64 bits per heavy atom. The summed E-state index contributed by atoms with van der Waals surface area (Å²) in [6.07, 6.45) is 5.61. The number of nitrogens with zero attached hydrogens (tertiary/aromatic N) is 1. The van der Waals surface area contributed by atoms with Crippen LogP contribution in [0, 0.1) is 5.92 Å². The van der Waals surface area contributed by atoms with E-state index in [1.54, 1.807) is 7.05 Å². The number of rotatable bonds is 3. The van der Waals surface area contributed by atoms with Crippen LogP contribution < -0.4 is 5.84 Å². The Bertz CT molecular complexity index is 141. The van der Waals surface area contributed by atoms with Crippen LogP contribution in [0.5, 0.6) is 0 Å². The van der Waals surface area contributed by atoms with Gasteiger partial charge in [0.2, 0.25) is 5.91 Å². The second kappa shape index (κ2) is 3.72. The molecule has 0 aromatic carbocycles. The second-order valence-corrected chi connectivity index (χ2v) is 3.34. The van der Waals surface area contributed by atoms with Crippen molar-refractivity contribution in [2.75, 3.05) is 7.05 Å². The summed E-state index contributed by atoms with van der Waals surface area (Å²) in [7, 11) is 1.60. The SMILES string of the molecule is CN(N)C(=O)CCC1CCC1. The third-order valence-electron chi connectivity index (χ3n) is 2.38. The molecular weight excluding hydrogens is 140 g/mol. The van der Waals surface area contributed by atoms with Gasteiger partial charge < -0.3 is 0 Å². The summed E-state index contributed by atoms with van der Waals surface area (Å²) in [5.74, 6) is 6.12. The zero-order chi connectivity index (χ0) is 8.27. The highest BCUT2D eigenvalue weighted by Gasteiger charge is 2.18. The average Bonchev–Trinajstić information content (AvgIpc) is 1.83. The molecule has 0 aliphatic heterocycles. The maximum Gasteiger partial charge on any atom is 0.236 e. The molecule has 0 atom stereocenters. The van der Waals surface area contributed by atoms with Gasteiger partial charge in [0, 0.05) is 13.5 Å². The van der Waals surface area contributed by atoms with Gasteiger partial charge in [-0.1, -0.05) is 19.3 Å². The molecule has 11 heavy (non-hydrogen) atoms. The highest BCUT2D eigenvalue weighted by Crippen LogP contribution is 2.30. The quantitative estimate of drug-likeness (QED) is 0.375. The van der Waals surface area contributed by atoms with E-state index in [4.69, 9.17) is 5.84 Å². The van der Waals surface area contributed by atoms with E-state index in [-0.39, 0.29) is 5.91 Å². The fourth-order valence-electron chi connectivity index (χ4n) is 1.29. The molecule has 0 bridgehead atoms. The van der Waals surface area contributed by atoms with Gasteiger partial charge in [0.1, 0.15) is 0 Å². The van der Waals surface area contributed by atoms with Crippen molar-refractivity contribution < 1.29 is 4.79 Å². The molecule has 0 aromatic rings. The molecule has 1 rings (SSSR count). The molecule has 1 saturated carbocycles. The molecule has 3 heteroatoms. The molecule has 64 valence electrons. The zero-order valence-electron chi connectivity index (χ0n) is 7.05. The van der Waals surface area contributed by atoms with Crippen LogP contribution in [0.25, 0.3) is 0 Å². The Hall–Kier alpha value is -0.570. The van der Waals surface area contributed by atoms with Crippen molar-refractivity contribution >= 4 is 5.91 Å². The molecule has 1 amide bonds. The largest absolute Gasteiger partial charge is 0.284 e. The molecule has 2 N–H and O–H groups in total. The van der Waals surface area contributed by atoms with Gasteiger partial charge in [0.15, 0.2) is 0 Å². The number of amides is 1. The first kappa shape index (κ1) is 8.53. The van der Waals surface area contributed by atoms with Crippen LogP contribution in [0.2, 0.25) is 0 Å². The highest BCUT2D eigenvalue weighted by molar-refractivity contribution is 5.75. The lowest BCUT2D eigenvalue weighted by atomic mass is 9.82. The summed E-state index contributed by atoms with van der Waals surface area (Å²) in [5.41, 5.74) is 0. The maximum atomic E-state index is 11.0. The molecule has 0 unspecified atom stereocenters. The minimum absolute atomic E-state index is 0.0527. The molecule has 0 spiro atoms. The van der Waals surface area contributed by atoms with E-state index in [1.807, 2.05) is 0 Å². The lowest BCUT2D eigenvalue weighted by Gasteiger charge is -2.25. The van der Waals surface area contributed by atoms with E-state index >= 15 is 0 Å². The number of hydrogen-bond donors (Lipinski definition) is 1. The van der Waals surface area contributed by atoms with Crippen molar-refractivity contribution in [1.82, 2.24) is 5.01 Å². The normalized spacial score (nSPS) is 17.6. The molecule has 3 nitrogen and oxygen atoms in total. The summed E-state index contributed by atoms with van der Waals surface area (Å²) < 4.78 is 0. The molecule has 0 aromatic heterocycles. The fourth-order valence-corrected chi connectivity index (χ4v) is 1.29. The molecule has 0 radical (unpaired) electrons.